The summed E-state index contributed by atoms with van der Waals surface area (Å²) in [6, 6.07) is 8.00. The Balaban J connectivity index is 1.77. The van der Waals surface area contributed by atoms with Gasteiger partial charge in [0.15, 0.2) is 5.96 Å². The first-order chi connectivity index (χ1) is 12.7. The van der Waals surface area contributed by atoms with Gasteiger partial charge in [-0.25, -0.2) is 0 Å². The maximum atomic E-state index is 5.94. The van der Waals surface area contributed by atoms with Crippen molar-refractivity contribution in [1.29, 1.82) is 0 Å². The molecule has 1 aliphatic heterocycles. The van der Waals surface area contributed by atoms with Crippen molar-refractivity contribution in [1.82, 2.24) is 10.2 Å². The van der Waals surface area contributed by atoms with Gasteiger partial charge in [-0.1, -0.05) is 23.7 Å². The summed E-state index contributed by atoms with van der Waals surface area (Å²) in [5.41, 5.74) is 1.26. The molecule has 6 heteroatoms. The van der Waals surface area contributed by atoms with Crippen molar-refractivity contribution in [3.8, 4) is 0 Å². The van der Waals surface area contributed by atoms with Crippen LogP contribution in [0.15, 0.2) is 29.3 Å². The number of ether oxygens (including phenoxy) is 2. The number of halogens is 1. The zero-order chi connectivity index (χ0) is 18.6. The fourth-order valence-electron chi connectivity index (χ4n) is 3.06. The van der Waals surface area contributed by atoms with Crippen molar-refractivity contribution >= 4 is 17.6 Å². The molecule has 146 valence electrons. The van der Waals surface area contributed by atoms with Gasteiger partial charge in [0.05, 0.1) is 6.10 Å². The van der Waals surface area contributed by atoms with E-state index in [1.165, 1.54) is 5.56 Å². The van der Waals surface area contributed by atoms with Gasteiger partial charge in [0.25, 0.3) is 0 Å². The summed E-state index contributed by atoms with van der Waals surface area (Å²) in [6.45, 7) is 7.30. The maximum Gasteiger partial charge on any atom is 0.193 e. The van der Waals surface area contributed by atoms with Crippen LogP contribution in [-0.2, 0) is 15.9 Å². The normalized spacial score (nSPS) is 16.1. The molecule has 1 aromatic rings. The molecule has 0 aromatic heterocycles. The molecule has 0 atom stereocenters. The second-order valence-corrected chi connectivity index (χ2v) is 6.95. The molecule has 1 aromatic carbocycles. The second kappa shape index (κ2) is 12.2. The zero-order valence-electron chi connectivity index (χ0n) is 16.0. The first-order valence-corrected chi connectivity index (χ1v) is 9.99. The number of aliphatic imine (C=N–C) groups is 1. The highest BCUT2D eigenvalue weighted by Crippen LogP contribution is 2.14. The van der Waals surface area contributed by atoms with Gasteiger partial charge in [-0.15, -0.1) is 0 Å². The van der Waals surface area contributed by atoms with E-state index in [2.05, 4.69) is 29.3 Å². The van der Waals surface area contributed by atoms with Crippen LogP contribution in [0.3, 0.4) is 0 Å². The molecule has 26 heavy (non-hydrogen) atoms. The van der Waals surface area contributed by atoms with Crippen molar-refractivity contribution in [2.75, 3.05) is 46.5 Å². The molecule has 0 bridgehead atoms. The van der Waals surface area contributed by atoms with Gasteiger partial charge in [0, 0.05) is 51.5 Å². The molecule has 1 fully saturated rings. The number of benzene rings is 1. The minimum absolute atomic E-state index is 0.361. The van der Waals surface area contributed by atoms with Crippen LogP contribution in [0.5, 0.6) is 0 Å². The first kappa shape index (κ1) is 21.0. The largest absolute Gasteiger partial charge is 0.385 e. The number of hydrogen-bond acceptors (Lipinski definition) is 3. The average Bonchev–Trinajstić information content (AvgIpc) is 2.67. The fraction of sp³-hybridized carbons (Fsp3) is 0.650. The third-order valence-corrected chi connectivity index (χ3v) is 4.75. The fourth-order valence-corrected chi connectivity index (χ4v) is 3.18. The highest BCUT2D eigenvalue weighted by molar-refractivity contribution is 6.30. The quantitative estimate of drug-likeness (QED) is 0.404. The summed E-state index contributed by atoms with van der Waals surface area (Å²) >= 11 is 5.94. The molecule has 2 rings (SSSR count). The summed E-state index contributed by atoms with van der Waals surface area (Å²) in [4.78, 5) is 7.16. The average molecular weight is 382 g/mol. The lowest BCUT2D eigenvalue weighted by atomic mass is 10.1. The van der Waals surface area contributed by atoms with Crippen LogP contribution < -0.4 is 5.32 Å². The molecule has 0 radical (unpaired) electrons. The van der Waals surface area contributed by atoms with Crippen molar-refractivity contribution in [2.24, 2.45) is 4.99 Å². The van der Waals surface area contributed by atoms with Crippen molar-refractivity contribution < 1.29 is 9.47 Å². The van der Waals surface area contributed by atoms with E-state index in [9.17, 15) is 0 Å². The Morgan fingerprint density at radius 1 is 1.23 bits per heavy atom. The maximum absolute atomic E-state index is 5.94. The van der Waals surface area contributed by atoms with Crippen molar-refractivity contribution in [2.45, 2.75) is 38.7 Å². The van der Waals surface area contributed by atoms with Crippen LogP contribution in [0.4, 0.5) is 0 Å². The predicted molar refractivity (Wildman–Crippen MR) is 108 cm³/mol. The number of rotatable bonds is 9. The standard InChI is InChI=1S/C20H32ClN3O2/c1-3-22-20(23-12-9-17-5-7-18(21)8-6-17)24-13-10-19(11-14-24)26-16-4-15-25-2/h5-8,19H,3-4,9-16H2,1-2H3,(H,22,23). The summed E-state index contributed by atoms with van der Waals surface area (Å²) in [6.07, 6.45) is 4.35. The minimum Gasteiger partial charge on any atom is -0.385 e. The van der Waals surface area contributed by atoms with Gasteiger partial charge in [-0.05, 0) is 50.3 Å². The van der Waals surface area contributed by atoms with E-state index in [-0.39, 0.29) is 0 Å². The smallest absolute Gasteiger partial charge is 0.193 e. The van der Waals surface area contributed by atoms with E-state index in [1.807, 2.05) is 12.1 Å². The summed E-state index contributed by atoms with van der Waals surface area (Å²) in [7, 11) is 1.73. The highest BCUT2D eigenvalue weighted by Gasteiger charge is 2.21. The Hall–Kier alpha value is -1.30. The van der Waals surface area contributed by atoms with Crippen LogP contribution in [0.2, 0.25) is 5.02 Å². The van der Waals surface area contributed by atoms with Gasteiger partial charge in [0.2, 0.25) is 0 Å². The number of likely N-dealkylation sites (tertiary alicyclic amines) is 1. The Bertz CT molecular complexity index is 528. The van der Waals surface area contributed by atoms with Crippen LogP contribution in [0.1, 0.15) is 31.7 Å². The lowest BCUT2D eigenvalue weighted by molar-refractivity contribution is 0.00991. The highest BCUT2D eigenvalue weighted by atomic mass is 35.5. The number of hydrogen-bond donors (Lipinski definition) is 1. The molecule has 1 heterocycles. The molecule has 0 spiro atoms. The number of piperidine rings is 1. The molecule has 1 saturated heterocycles. The summed E-state index contributed by atoms with van der Waals surface area (Å²) in [5, 5.41) is 4.20. The Kier molecular flexibility index (Phi) is 9.82. The number of methoxy groups -OCH3 is 1. The molecule has 0 amide bonds. The Labute approximate surface area is 162 Å². The number of nitrogens with one attached hydrogen (secondary N) is 1. The second-order valence-electron chi connectivity index (χ2n) is 6.52. The zero-order valence-corrected chi connectivity index (χ0v) is 16.8. The van der Waals surface area contributed by atoms with Gasteiger partial charge in [0.1, 0.15) is 0 Å². The van der Waals surface area contributed by atoms with Gasteiger partial charge >= 0.3 is 0 Å². The molecular formula is C20H32ClN3O2. The van der Waals surface area contributed by atoms with Gasteiger partial charge < -0.3 is 19.7 Å². The molecule has 1 aliphatic rings. The lowest BCUT2D eigenvalue weighted by Gasteiger charge is -2.34. The van der Waals surface area contributed by atoms with Crippen LogP contribution in [0.25, 0.3) is 0 Å². The number of nitrogens with zero attached hydrogens (tertiary/aromatic N) is 2. The number of guanidine groups is 1. The Morgan fingerprint density at radius 3 is 2.62 bits per heavy atom. The van der Waals surface area contributed by atoms with Crippen molar-refractivity contribution in [3.05, 3.63) is 34.9 Å². The van der Waals surface area contributed by atoms with Crippen LogP contribution >= 0.6 is 11.6 Å². The van der Waals surface area contributed by atoms with Gasteiger partial charge in [-0.2, -0.15) is 0 Å². The molecule has 0 aliphatic carbocycles. The monoisotopic (exact) mass is 381 g/mol. The van der Waals surface area contributed by atoms with E-state index in [4.69, 9.17) is 26.1 Å². The summed E-state index contributed by atoms with van der Waals surface area (Å²) < 4.78 is 11.0. The van der Waals surface area contributed by atoms with E-state index >= 15 is 0 Å². The SMILES string of the molecule is CCNC(=NCCc1ccc(Cl)cc1)N1CCC(OCCCOC)CC1. The van der Waals surface area contributed by atoms with E-state index < -0.39 is 0 Å². The molecule has 0 saturated carbocycles. The predicted octanol–water partition coefficient (Wildman–Crippen LogP) is 3.37. The van der Waals surface area contributed by atoms with Crippen molar-refractivity contribution in [3.63, 3.8) is 0 Å². The molecule has 5 nitrogen and oxygen atoms in total. The Morgan fingerprint density at radius 2 is 1.96 bits per heavy atom. The van der Waals surface area contributed by atoms with Gasteiger partial charge in [-0.3, -0.25) is 4.99 Å². The lowest BCUT2D eigenvalue weighted by Crippen LogP contribution is -2.47. The summed E-state index contributed by atoms with van der Waals surface area (Å²) in [5.74, 6) is 1.01. The first-order valence-electron chi connectivity index (χ1n) is 9.61. The third kappa shape index (κ3) is 7.52. The van der Waals surface area contributed by atoms with E-state index in [0.29, 0.717) is 6.10 Å². The molecule has 1 N–H and O–H groups in total. The van der Waals surface area contributed by atoms with Crippen LogP contribution in [0, 0.1) is 0 Å². The third-order valence-electron chi connectivity index (χ3n) is 4.50. The molecular weight excluding hydrogens is 350 g/mol. The topological polar surface area (TPSA) is 46.1 Å². The van der Waals surface area contributed by atoms with Crippen LogP contribution in [-0.4, -0.2) is 63.5 Å². The molecule has 0 unspecified atom stereocenters. The van der Waals surface area contributed by atoms with E-state index in [1.54, 1.807) is 7.11 Å². The van der Waals surface area contributed by atoms with E-state index in [0.717, 1.165) is 76.1 Å². The minimum atomic E-state index is 0.361.